The van der Waals surface area contributed by atoms with E-state index in [9.17, 15) is 0 Å². The minimum absolute atomic E-state index is 0. The van der Waals surface area contributed by atoms with Gasteiger partial charge < -0.3 is 10.2 Å². The summed E-state index contributed by atoms with van der Waals surface area (Å²) in [6, 6.07) is 17.4. The van der Waals surface area contributed by atoms with E-state index in [1.54, 1.807) is 52.8 Å². The van der Waals surface area contributed by atoms with Crippen molar-refractivity contribution in [3.8, 4) is 11.5 Å². The number of allylic oxidation sites excluding steroid dienone is 4. The molecular formula is C20H27ClO2SiV. The summed E-state index contributed by atoms with van der Waals surface area (Å²) in [5, 5.41) is 17.3. The topological polar surface area (TPSA) is 40.5 Å². The van der Waals surface area contributed by atoms with Gasteiger partial charge >= 0.3 is 70.6 Å². The Morgan fingerprint density at radius 3 is 1.48 bits per heavy atom. The molecule has 0 atom stereocenters. The van der Waals surface area contributed by atoms with Crippen molar-refractivity contribution in [1.82, 2.24) is 0 Å². The van der Waals surface area contributed by atoms with Crippen LogP contribution in [0, 0.1) is 0 Å². The zero-order valence-electron chi connectivity index (χ0n) is 15.0. The molecule has 2 nitrogen and oxygen atoms in total. The number of rotatable bonds is 2. The van der Waals surface area contributed by atoms with Gasteiger partial charge in [-0.1, -0.05) is 36.4 Å². The van der Waals surface area contributed by atoms with Gasteiger partial charge in [-0.05, 0) is 24.3 Å². The summed E-state index contributed by atoms with van der Waals surface area (Å²) in [5.41, 5.74) is 0. The van der Waals surface area contributed by atoms with Gasteiger partial charge in [-0.25, -0.2) is 0 Å². The molecule has 0 heterocycles. The van der Waals surface area contributed by atoms with Crippen molar-refractivity contribution < 1.29 is 25.8 Å². The summed E-state index contributed by atoms with van der Waals surface area (Å²) in [6.07, 6.45) is 7.30. The Morgan fingerprint density at radius 2 is 1.24 bits per heavy atom. The van der Waals surface area contributed by atoms with E-state index in [1.165, 1.54) is 6.42 Å². The molecule has 0 bridgehead atoms. The summed E-state index contributed by atoms with van der Waals surface area (Å²) >= 11 is 0.557. The van der Waals surface area contributed by atoms with E-state index >= 15 is 0 Å². The molecule has 5 heteroatoms. The molecule has 0 saturated heterocycles. The SMILES string of the molecule is C[Si](C)(C)[V][C]1=CC=CC1.Cl.Oc1ccccc1.Oc1ccccc1. The van der Waals surface area contributed by atoms with Crippen LogP contribution in [0.15, 0.2) is 83.2 Å². The van der Waals surface area contributed by atoms with Crippen LogP contribution in [0.2, 0.25) is 19.6 Å². The second kappa shape index (κ2) is 12.9. The summed E-state index contributed by atoms with van der Waals surface area (Å²) < 4.78 is 1.73. The number of aromatic hydroxyl groups is 2. The van der Waals surface area contributed by atoms with Crippen molar-refractivity contribution in [1.29, 1.82) is 0 Å². The molecule has 0 radical (unpaired) electrons. The Kier molecular flexibility index (Phi) is 12.2. The van der Waals surface area contributed by atoms with Crippen molar-refractivity contribution in [2.75, 3.05) is 0 Å². The summed E-state index contributed by atoms with van der Waals surface area (Å²) in [5.74, 6) is 0.644. The fraction of sp³-hybridized carbons (Fsp3) is 0.200. The van der Waals surface area contributed by atoms with Gasteiger partial charge in [0.05, 0.1) is 0 Å². The Bertz CT molecular complexity index is 600. The number of hydrogen-bond donors (Lipinski definition) is 2. The molecule has 1 aliphatic carbocycles. The van der Waals surface area contributed by atoms with E-state index in [0.29, 0.717) is 27.1 Å². The predicted molar refractivity (Wildman–Crippen MR) is 109 cm³/mol. The minimum atomic E-state index is -0.737. The first kappa shape index (κ1) is 23.6. The van der Waals surface area contributed by atoms with E-state index in [1.807, 2.05) is 12.1 Å². The molecule has 1 aliphatic rings. The molecule has 0 spiro atoms. The van der Waals surface area contributed by atoms with Gasteiger partial charge in [0.1, 0.15) is 11.5 Å². The minimum Gasteiger partial charge on any atom is -0.508 e. The zero-order chi connectivity index (χ0) is 17.8. The molecule has 25 heavy (non-hydrogen) atoms. The first-order chi connectivity index (χ1) is 11.4. The molecule has 0 saturated carbocycles. The third kappa shape index (κ3) is 13.6. The molecule has 0 amide bonds. The third-order valence-corrected chi connectivity index (χ3v) is 8.71. The first-order valence-corrected chi connectivity index (χ1v) is 14.2. The van der Waals surface area contributed by atoms with Crippen LogP contribution in [0.4, 0.5) is 0 Å². The maximum absolute atomic E-state index is 8.63. The fourth-order valence-electron chi connectivity index (χ4n) is 1.81. The van der Waals surface area contributed by atoms with Crippen LogP contribution in [0.3, 0.4) is 0 Å². The number of halogens is 1. The van der Waals surface area contributed by atoms with Crippen molar-refractivity contribution in [2.24, 2.45) is 0 Å². The Balaban J connectivity index is 0.000000347. The Hall–Kier alpha value is -1.39. The van der Waals surface area contributed by atoms with Gasteiger partial charge in [-0.2, -0.15) is 0 Å². The quantitative estimate of drug-likeness (QED) is 0.597. The van der Waals surface area contributed by atoms with Crippen LogP contribution >= 0.6 is 12.4 Å². The van der Waals surface area contributed by atoms with E-state index in [0.717, 1.165) is 0 Å². The predicted octanol–water partition coefficient (Wildman–Crippen LogP) is 5.95. The van der Waals surface area contributed by atoms with E-state index in [-0.39, 0.29) is 12.4 Å². The van der Waals surface area contributed by atoms with Crippen molar-refractivity contribution >= 4 is 18.9 Å². The largest absolute Gasteiger partial charge is 0.508 e. The van der Waals surface area contributed by atoms with E-state index in [2.05, 4.69) is 37.9 Å². The molecule has 0 aliphatic heterocycles. The van der Waals surface area contributed by atoms with Crippen LogP contribution in [0.1, 0.15) is 6.42 Å². The number of phenols is 2. The van der Waals surface area contributed by atoms with Gasteiger partial charge in [0, 0.05) is 0 Å². The molecule has 2 N–H and O–H groups in total. The third-order valence-electron chi connectivity index (χ3n) is 2.74. The second-order valence-electron chi connectivity index (χ2n) is 6.24. The maximum atomic E-state index is 8.63. The molecule has 0 fully saturated rings. The molecule has 0 aromatic heterocycles. The average Bonchev–Trinajstić information content (AvgIpc) is 3.01. The van der Waals surface area contributed by atoms with Crippen molar-refractivity contribution in [3.05, 3.63) is 83.2 Å². The molecule has 2 aromatic rings. The maximum Gasteiger partial charge on any atom is 0.115 e. The second-order valence-corrected chi connectivity index (χ2v) is 19.0. The number of hydrogen-bond acceptors (Lipinski definition) is 2. The smallest absolute Gasteiger partial charge is 0.115 e. The van der Waals surface area contributed by atoms with Crippen LogP contribution in [0.5, 0.6) is 11.5 Å². The number of phenolic OH excluding ortho intramolecular Hbond substituents is 2. The van der Waals surface area contributed by atoms with Crippen molar-refractivity contribution in [2.45, 2.75) is 26.1 Å². The normalized spacial score (nSPS) is 11.7. The first-order valence-electron chi connectivity index (χ1n) is 7.93. The van der Waals surface area contributed by atoms with Gasteiger partial charge in [0.25, 0.3) is 0 Å². The monoisotopic (exact) mass is 413 g/mol. The molecule has 2 aromatic carbocycles. The van der Waals surface area contributed by atoms with E-state index < -0.39 is 6.45 Å². The van der Waals surface area contributed by atoms with Gasteiger partial charge in [-0.15, -0.1) is 12.4 Å². The summed E-state index contributed by atoms with van der Waals surface area (Å²) in [6.45, 7) is 7.39. The van der Waals surface area contributed by atoms with Crippen molar-refractivity contribution in [3.63, 3.8) is 0 Å². The van der Waals surface area contributed by atoms with Gasteiger partial charge in [0.2, 0.25) is 0 Å². The van der Waals surface area contributed by atoms with Crippen LogP contribution < -0.4 is 0 Å². The standard InChI is InChI=1S/2C6H6O.C5H5.C3H9Si.ClH.V/c2*7-6-4-2-1-3-5-6;1-2-4-5-3-1;1-4(2)3;;/h2*1-5,7H;1-3H,4H2;1-3H3;1H;. The van der Waals surface area contributed by atoms with E-state index in [4.69, 9.17) is 10.2 Å². The summed E-state index contributed by atoms with van der Waals surface area (Å²) in [4.78, 5) is 0. The Labute approximate surface area is 165 Å². The van der Waals surface area contributed by atoms with Crippen LogP contribution in [0.25, 0.3) is 0 Å². The van der Waals surface area contributed by atoms with Gasteiger partial charge in [0.15, 0.2) is 0 Å². The summed E-state index contributed by atoms with van der Waals surface area (Å²) in [7, 11) is 0. The number of benzene rings is 2. The van der Waals surface area contributed by atoms with Gasteiger partial charge in [-0.3, -0.25) is 0 Å². The van der Waals surface area contributed by atoms with Crippen LogP contribution in [-0.2, 0) is 15.6 Å². The molecule has 0 unspecified atom stereocenters. The zero-order valence-corrected chi connectivity index (χ0v) is 18.2. The fourth-order valence-corrected chi connectivity index (χ4v) is 7.95. The van der Waals surface area contributed by atoms with Crippen LogP contribution in [-0.4, -0.2) is 16.7 Å². The molecule has 3 rings (SSSR count). The average molecular weight is 414 g/mol. The molecule has 135 valence electrons. The Morgan fingerprint density at radius 1 is 0.800 bits per heavy atom. The molecular weight excluding hydrogens is 387 g/mol. The number of para-hydroxylation sites is 2.